The largest absolute Gasteiger partial charge is 0.497 e. The Morgan fingerprint density at radius 3 is 2.24 bits per heavy atom. The average molecular weight is 404 g/mol. The van der Waals surface area contributed by atoms with Gasteiger partial charge in [0.05, 0.1) is 12.5 Å². The number of carboxylic acid groups (broad SMARTS) is 1. The second kappa shape index (κ2) is 7.88. The maximum absolute atomic E-state index is 13.0. The summed E-state index contributed by atoms with van der Waals surface area (Å²) in [6.45, 7) is 6.65. The SMILES string of the molecule is COc1cccc(CN(CC23CCC(C(=O)O)(CC2)CC3)C(=O)OC(C)(C)C)c1. The summed E-state index contributed by atoms with van der Waals surface area (Å²) in [6, 6.07) is 7.72. The average Bonchev–Trinajstić information content (AvgIpc) is 2.67. The molecule has 0 aliphatic heterocycles. The molecule has 0 radical (unpaired) electrons. The van der Waals surface area contributed by atoms with Crippen LogP contribution in [0.3, 0.4) is 0 Å². The topological polar surface area (TPSA) is 76.1 Å². The zero-order valence-electron chi connectivity index (χ0n) is 18.0. The van der Waals surface area contributed by atoms with E-state index in [1.807, 2.05) is 45.0 Å². The van der Waals surface area contributed by atoms with Gasteiger partial charge < -0.3 is 19.5 Å². The van der Waals surface area contributed by atoms with E-state index in [2.05, 4.69) is 0 Å². The Bertz CT molecular complexity index is 742. The zero-order valence-corrected chi connectivity index (χ0v) is 18.0. The van der Waals surface area contributed by atoms with Crippen LogP contribution in [0.4, 0.5) is 4.79 Å². The maximum atomic E-state index is 13.0. The molecule has 4 rings (SSSR count). The molecule has 3 fully saturated rings. The van der Waals surface area contributed by atoms with E-state index in [1.165, 1.54) is 0 Å². The Morgan fingerprint density at radius 1 is 1.10 bits per heavy atom. The normalized spacial score (nSPS) is 26.1. The molecule has 2 bridgehead atoms. The number of carbonyl (C=O) groups excluding carboxylic acids is 1. The van der Waals surface area contributed by atoms with E-state index in [9.17, 15) is 14.7 Å². The Labute approximate surface area is 173 Å². The van der Waals surface area contributed by atoms with Crippen LogP contribution in [0.2, 0.25) is 0 Å². The van der Waals surface area contributed by atoms with Crippen LogP contribution >= 0.6 is 0 Å². The highest BCUT2D eigenvalue weighted by Gasteiger charge is 2.53. The van der Waals surface area contributed by atoms with Crippen molar-refractivity contribution in [1.29, 1.82) is 0 Å². The molecule has 6 heteroatoms. The van der Waals surface area contributed by atoms with E-state index in [0.29, 0.717) is 32.4 Å². The van der Waals surface area contributed by atoms with E-state index in [1.54, 1.807) is 12.0 Å². The first-order valence-corrected chi connectivity index (χ1v) is 10.4. The number of rotatable bonds is 6. The number of fused-ring (bicyclic) bond motifs is 3. The van der Waals surface area contributed by atoms with Crippen molar-refractivity contribution in [3.63, 3.8) is 0 Å². The lowest BCUT2D eigenvalue weighted by Crippen LogP contribution is -2.51. The lowest BCUT2D eigenvalue weighted by molar-refractivity contribution is -0.159. The number of hydrogen-bond donors (Lipinski definition) is 1. The molecule has 6 nitrogen and oxygen atoms in total. The molecule has 0 saturated heterocycles. The first-order valence-electron chi connectivity index (χ1n) is 10.4. The predicted octanol–water partition coefficient (Wildman–Crippen LogP) is 4.86. The lowest BCUT2D eigenvalue weighted by Gasteiger charge is -2.52. The summed E-state index contributed by atoms with van der Waals surface area (Å²) in [6.07, 6.45) is 4.30. The third kappa shape index (κ3) is 4.85. The van der Waals surface area contributed by atoms with Gasteiger partial charge in [-0.05, 0) is 82.4 Å². The third-order valence-electron chi connectivity index (χ3n) is 6.54. The summed E-state index contributed by atoms with van der Waals surface area (Å²) in [4.78, 5) is 26.5. The summed E-state index contributed by atoms with van der Waals surface area (Å²) >= 11 is 0. The van der Waals surface area contributed by atoms with Crippen molar-refractivity contribution in [2.24, 2.45) is 10.8 Å². The minimum Gasteiger partial charge on any atom is -0.497 e. The molecule has 0 aromatic heterocycles. The molecule has 3 saturated carbocycles. The molecule has 1 aromatic carbocycles. The van der Waals surface area contributed by atoms with E-state index in [4.69, 9.17) is 9.47 Å². The summed E-state index contributed by atoms with van der Waals surface area (Å²) < 4.78 is 11.0. The summed E-state index contributed by atoms with van der Waals surface area (Å²) in [5.41, 5.74) is -0.157. The van der Waals surface area contributed by atoms with Gasteiger partial charge in [-0.1, -0.05) is 12.1 Å². The van der Waals surface area contributed by atoms with Gasteiger partial charge in [0, 0.05) is 13.1 Å². The molecule has 1 amide bonds. The van der Waals surface area contributed by atoms with Crippen LogP contribution in [0.1, 0.15) is 64.9 Å². The van der Waals surface area contributed by atoms with E-state index in [0.717, 1.165) is 30.6 Å². The van der Waals surface area contributed by atoms with Gasteiger partial charge in [-0.25, -0.2) is 4.79 Å². The van der Waals surface area contributed by atoms with Crippen LogP contribution in [0.5, 0.6) is 5.75 Å². The number of ether oxygens (including phenoxy) is 2. The van der Waals surface area contributed by atoms with Gasteiger partial charge in [-0.15, -0.1) is 0 Å². The number of nitrogens with zero attached hydrogens (tertiary/aromatic N) is 1. The van der Waals surface area contributed by atoms with Crippen LogP contribution in [0.15, 0.2) is 24.3 Å². The van der Waals surface area contributed by atoms with Crippen LogP contribution < -0.4 is 4.74 Å². The van der Waals surface area contributed by atoms with Crippen molar-refractivity contribution in [1.82, 2.24) is 4.90 Å². The lowest BCUT2D eigenvalue weighted by atomic mass is 9.53. The number of methoxy groups -OCH3 is 1. The smallest absolute Gasteiger partial charge is 0.410 e. The van der Waals surface area contributed by atoms with E-state index in [-0.39, 0.29) is 11.5 Å². The first kappa shape index (κ1) is 21.5. The monoisotopic (exact) mass is 403 g/mol. The Kier molecular flexibility index (Phi) is 5.84. The second-order valence-corrected chi connectivity index (χ2v) is 9.77. The van der Waals surface area contributed by atoms with Crippen molar-refractivity contribution >= 4 is 12.1 Å². The van der Waals surface area contributed by atoms with E-state index >= 15 is 0 Å². The Hall–Kier alpha value is -2.24. The molecule has 1 N–H and O–H groups in total. The fourth-order valence-corrected chi connectivity index (χ4v) is 4.73. The van der Waals surface area contributed by atoms with Gasteiger partial charge >= 0.3 is 12.1 Å². The summed E-state index contributed by atoms with van der Waals surface area (Å²) in [5.74, 6) is 0.0950. The van der Waals surface area contributed by atoms with Gasteiger partial charge in [0.2, 0.25) is 0 Å². The number of hydrogen-bond acceptors (Lipinski definition) is 4. The molecule has 1 aromatic rings. The van der Waals surface area contributed by atoms with Crippen molar-refractivity contribution in [3.8, 4) is 5.75 Å². The fourth-order valence-electron chi connectivity index (χ4n) is 4.73. The molecule has 3 aliphatic carbocycles. The van der Waals surface area contributed by atoms with Crippen LogP contribution in [-0.2, 0) is 16.1 Å². The van der Waals surface area contributed by atoms with Crippen molar-refractivity contribution in [3.05, 3.63) is 29.8 Å². The molecule has 160 valence electrons. The number of benzene rings is 1. The molecule has 3 aliphatic rings. The molecule has 0 heterocycles. The minimum absolute atomic E-state index is 0.0209. The molecule has 0 unspecified atom stereocenters. The highest BCUT2D eigenvalue weighted by molar-refractivity contribution is 5.75. The van der Waals surface area contributed by atoms with Gasteiger partial charge in [0.15, 0.2) is 0 Å². The van der Waals surface area contributed by atoms with Gasteiger partial charge in [0.1, 0.15) is 11.4 Å². The standard InChI is InChI=1S/C23H33NO5/c1-21(2,3)29-20(27)24(15-17-6-5-7-18(14-17)28-4)16-22-8-11-23(12-9-22,13-10-22)19(25)26/h5-7,14H,8-13,15-16H2,1-4H3,(H,25,26). The molecular formula is C23H33NO5. The quantitative estimate of drug-likeness (QED) is 0.734. The van der Waals surface area contributed by atoms with Gasteiger partial charge in [0.25, 0.3) is 0 Å². The zero-order chi connectivity index (χ0) is 21.3. The van der Waals surface area contributed by atoms with Gasteiger partial charge in [-0.3, -0.25) is 4.79 Å². The Morgan fingerprint density at radius 2 is 1.72 bits per heavy atom. The van der Waals surface area contributed by atoms with Crippen molar-refractivity contribution in [2.45, 2.75) is 71.4 Å². The maximum Gasteiger partial charge on any atom is 0.410 e. The highest BCUT2D eigenvalue weighted by Crippen LogP contribution is 2.57. The third-order valence-corrected chi connectivity index (χ3v) is 6.54. The van der Waals surface area contributed by atoms with Gasteiger partial charge in [-0.2, -0.15) is 0 Å². The highest BCUT2D eigenvalue weighted by atomic mass is 16.6. The number of aliphatic carboxylic acids is 1. The molecular weight excluding hydrogens is 370 g/mol. The second-order valence-electron chi connectivity index (χ2n) is 9.77. The van der Waals surface area contributed by atoms with Crippen molar-refractivity contribution in [2.75, 3.05) is 13.7 Å². The van der Waals surface area contributed by atoms with E-state index < -0.39 is 17.0 Å². The number of carboxylic acids is 1. The first-order chi connectivity index (χ1) is 13.6. The van der Waals surface area contributed by atoms with Crippen LogP contribution in [-0.4, -0.2) is 41.3 Å². The molecule has 0 spiro atoms. The van der Waals surface area contributed by atoms with Crippen LogP contribution in [0, 0.1) is 10.8 Å². The fraction of sp³-hybridized carbons (Fsp3) is 0.652. The minimum atomic E-state index is -0.661. The summed E-state index contributed by atoms with van der Waals surface area (Å²) in [5, 5.41) is 9.64. The van der Waals surface area contributed by atoms with Crippen LogP contribution in [0.25, 0.3) is 0 Å². The summed E-state index contributed by atoms with van der Waals surface area (Å²) in [7, 11) is 1.63. The molecule has 29 heavy (non-hydrogen) atoms. The van der Waals surface area contributed by atoms with Crippen molar-refractivity contribution < 1.29 is 24.2 Å². The Balaban J connectivity index is 1.78. The number of amides is 1. The number of carbonyl (C=O) groups is 2. The predicted molar refractivity (Wildman–Crippen MR) is 110 cm³/mol. The molecule has 0 atom stereocenters.